The number of alkyl halides is 2. The van der Waals surface area contributed by atoms with E-state index in [1.807, 2.05) is 0 Å². The Morgan fingerprint density at radius 1 is 0.689 bits per heavy atom. The lowest BCUT2D eigenvalue weighted by atomic mass is 9.99. The van der Waals surface area contributed by atoms with Crippen LogP contribution in [-0.4, -0.2) is 32.2 Å². The van der Waals surface area contributed by atoms with E-state index in [4.69, 9.17) is 18.9 Å². The summed E-state index contributed by atoms with van der Waals surface area (Å²) < 4.78 is 95.4. The Hall–Kier alpha value is -3.17. The molecule has 1 saturated heterocycles. The quantitative estimate of drug-likeness (QED) is 0.109. The number of halogens is 5. The van der Waals surface area contributed by atoms with E-state index in [-0.39, 0.29) is 24.5 Å². The second kappa shape index (κ2) is 16.9. The smallest absolute Gasteiger partial charge is 0.405 e. The van der Waals surface area contributed by atoms with E-state index in [0.717, 1.165) is 63.5 Å². The van der Waals surface area contributed by atoms with Crippen LogP contribution in [0.2, 0.25) is 0 Å². The average Bonchev–Trinajstić information content (AvgIpc) is 3.04. The summed E-state index contributed by atoms with van der Waals surface area (Å²) >= 11 is 0. The van der Waals surface area contributed by atoms with Crippen molar-refractivity contribution in [2.75, 3.05) is 19.8 Å². The molecule has 1 aliphatic rings. The van der Waals surface area contributed by atoms with E-state index in [1.165, 1.54) is 24.6 Å². The van der Waals surface area contributed by atoms with Crippen LogP contribution < -0.4 is 9.47 Å². The van der Waals surface area contributed by atoms with Gasteiger partial charge in [0, 0.05) is 5.56 Å². The lowest BCUT2D eigenvalue weighted by Crippen LogP contribution is -2.45. The van der Waals surface area contributed by atoms with Crippen LogP contribution >= 0.6 is 0 Å². The van der Waals surface area contributed by atoms with Crippen LogP contribution in [0.25, 0.3) is 22.3 Å². The third kappa shape index (κ3) is 9.66. The number of unbranched alkanes of at least 4 members (excludes halogenated alkanes) is 7. The fourth-order valence-electron chi connectivity index (χ4n) is 5.23. The SMILES string of the molecule is CCCCCCCCOc1ccc(-c2ccc(-c3ccc(OC(F)(F)C4COC(CCCCC)OC4)c(F)c3)cc2)c(F)c1F. The molecule has 0 radical (unpaired) electrons. The molecule has 4 nitrogen and oxygen atoms in total. The molecule has 1 fully saturated rings. The Morgan fingerprint density at radius 2 is 1.29 bits per heavy atom. The predicted molar refractivity (Wildman–Crippen MR) is 165 cm³/mol. The minimum atomic E-state index is -3.70. The zero-order valence-electron chi connectivity index (χ0n) is 26.1. The van der Waals surface area contributed by atoms with Gasteiger partial charge < -0.3 is 18.9 Å². The number of benzene rings is 3. The van der Waals surface area contributed by atoms with Crippen LogP contribution in [0.4, 0.5) is 22.0 Å². The van der Waals surface area contributed by atoms with Gasteiger partial charge in [0.15, 0.2) is 29.4 Å². The second-order valence-corrected chi connectivity index (χ2v) is 11.5. The predicted octanol–water partition coefficient (Wildman–Crippen LogP) is 10.7. The Morgan fingerprint density at radius 3 is 1.98 bits per heavy atom. The zero-order valence-corrected chi connectivity index (χ0v) is 26.1. The van der Waals surface area contributed by atoms with Crippen molar-refractivity contribution in [1.82, 2.24) is 0 Å². The van der Waals surface area contributed by atoms with Crippen LogP contribution in [0.15, 0.2) is 54.6 Å². The minimum Gasteiger partial charge on any atom is -0.490 e. The van der Waals surface area contributed by atoms with Crippen molar-refractivity contribution >= 4 is 0 Å². The summed E-state index contributed by atoms with van der Waals surface area (Å²) in [5.74, 6) is -5.12. The average molecular weight is 635 g/mol. The van der Waals surface area contributed by atoms with Crippen molar-refractivity contribution in [1.29, 1.82) is 0 Å². The number of hydrogen-bond acceptors (Lipinski definition) is 4. The molecule has 1 heterocycles. The van der Waals surface area contributed by atoms with Gasteiger partial charge in [0.2, 0.25) is 5.82 Å². The van der Waals surface area contributed by atoms with E-state index in [2.05, 4.69) is 13.8 Å². The highest BCUT2D eigenvalue weighted by molar-refractivity contribution is 5.71. The van der Waals surface area contributed by atoms with Crippen LogP contribution in [0.3, 0.4) is 0 Å². The standard InChI is InChI=1S/C36H43F5O4/c1-3-5-7-8-9-11-21-42-32-20-18-29(34(38)35(32)39)26-15-13-25(14-16-26)27-17-19-31(30(37)22-27)45-36(40,41)28-23-43-33(44-24-28)12-10-6-4-2/h13-20,22,28,33H,3-12,21,23-24H2,1-2H3. The molecule has 0 unspecified atom stereocenters. The van der Waals surface area contributed by atoms with Gasteiger partial charge in [0.25, 0.3) is 0 Å². The maximum absolute atomic E-state index is 14.9. The highest BCUT2D eigenvalue weighted by Crippen LogP contribution is 2.36. The van der Waals surface area contributed by atoms with Crippen LogP contribution in [0, 0.1) is 23.4 Å². The van der Waals surface area contributed by atoms with Crippen LogP contribution in [0.5, 0.6) is 11.5 Å². The fraction of sp³-hybridized carbons (Fsp3) is 0.500. The van der Waals surface area contributed by atoms with Gasteiger partial charge in [-0.3, -0.25) is 0 Å². The van der Waals surface area contributed by atoms with Gasteiger partial charge in [-0.05, 0) is 60.2 Å². The second-order valence-electron chi connectivity index (χ2n) is 11.5. The molecule has 4 rings (SSSR count). The summed E-state index contributed by atoms with van der Waals surface area (Å²) in [7, 11) is 0. The Balaban J connectivity index is 1.34. The normalized spacial score (nSPS) is 17.0. The zero-order chi connectivity index (χ0) is 32.2. The van der Waals surface area contributed by atoms with E-state index < -0.39 is 41.5 Å². The molecule has 0 saturated carbocycles. The van der Waals surface area contributed by atoms with Crippen molar-refractivity contribution in [3.05, 3.63) is 72.0 Å². The Bertz CT molecular complexity index is 1340. The summed E-state index contributed by atoms with van der Waals surface area (Å²) in [6.45, 7) is 4.02. The number of hydrogen-bond donors (Lipinski definition) is 0. The van der Waals surface area contributed by atoms with Gasteiger partial charge >= 0.3 is 6.11 Å². The third-order valence-corrected chi connectivity index (χ3v) is 7.99. The van der Waals surface area contributed by atoms with Crippen molar-refractivity contribution in [2.24, 2.45) is 5.92 Å². The van der Waals surface area contributed by atoms with Gasteiger partial charge in [-0.1, -0.05) is 89.1 Å². The molecule has 1 aliphatic heterocycles. The minimum absolute atomic E-state index is 0.0612. The monoisotopic (exact) mass is 634 g/mol. The molecule has 0 aliphatic carbocycles. The molecular weight excluding hydrogens is 591 g/mol. The first-order valence-electron chi connectivity index (χ1n) is 16.0. The molecule has 0 bridgehead atoms. The maximum atomic E-state index is 14.9. The van der Waals surface area contributed by atoms with Gasteiger partial charge in [-0.25, -0.2) is 8.78 Å². The van der Waals surface area contributed by atoms with Gasteiger partial charge in [0.05, 0.1) is 19.8 Å². The first kappa shape index (κ1) is 34.7. The van der Waals surface area contributed by atoms with E-state index in [9.17, 15) is 22.0 Å². The molecule has 3 aromatic rings. The maximum Gasteiger partial charge on any atom is 0.405 e. The molecular formula is C36H43F5O4. The van der Waals surface area contributed by atoms with Crippen molar-refractivity contribution in [3.8, 4) is 33.8 Å². The molecule has 0 spiro atoms. The summed E-state index contributed by atoms with van der Waals surface area (Å²) in [6, 6.07) is 13.0. The Labute approximate surface area is 262 Å². The first-order chi connectivity index (χ1) is 21.7. The van der Waals surface area contributed by atoms with E-state index in [1.54, 1.807) is 24.3 Å². The molecule has 0 N–H and O–H groups in total. The van der Waals surface area contributed by atoms with Crippen molar-refractivity contribution in [2.45, 2.75) is 90.5 Å². The third-order valence-electron chi connectivity index (χ3n) is 7.99. The van der Waals surface area contributed by atoms with Gasteiger partial charge in [-0.2, -0.15) is 13.2 Å². The molecule has 45 heavy (non-hydrogen) atoms. The largest absolute Gasteiger partial charge is 0.490 e. The molecule has 9 heteroatoms. The summed E-state index contributed by atoms with van der Waals surface area (Å²) in [4.78, 5) is 0. The van der Waals surface area contributed by atoms with Crippen LogP contribution in [0.1, 0.15) is 78.1 Å². The lowest BCUT2D eigenvalue weighted by Gasteiger charge is -2.33. The fourth-order valence-corrected chi connectivity index (χ4v) is 5.23. The summed E-state index contributed by atoms with van der Waals surface area (Å²) in [5, 5.41) is 0. The van der Waals surface area contributed by atoms with Crippen LogP contribution in [-0.2, 0) is 9.47 Å². The first-order valence-corrected chi connectivity index (χ1v) is 16.0. The molecule has 3 aromatic carbocycles. The van der Waals surface area contributed by atoms with Gasteiger partial charge in [-0.15, -0.1) is 0 Å². The number of ether oxygens (including phenoxy) is 4. The lowest BCUT2D eigenvalue weighted by molar-refractivity contribution is -0.291. The van der Waals surface area contributed by atoms with Crippen molar-refractivity contribution in [3.63, 3.8) is 0 Å². The van der Waals surface area contributed by atoms with Gasteiger partial charge in [0.1, 0.15) is 5.92 Å². The molecule has 0 aromatic heterocycles. The summed E-state index contributed by atoms with van der Waals surface area (Å²) in [5.41, 5.74) is 1.44. The van der Waals surface area contributed by atoms with E-state index >= 15 is 0 Å². The van der Waals surface area contributed by atoms with Crippen molar-refractivity contribution < 1.29 is 40.9 Å². The summed E-state index contributed by atoms with van der Waals surface area (Å²) in [6.07, 6.45) is 5.69. The molecule has 0 atom stereocenters. The highest BCUT2D eigenvalue weighted by atomic mass is 19.3. The molecule has 246 valence electrons. The topological polar surface area (TPSA) is 36.9 Å². The van der Waals surface area contributed by atoms with E-state index in [0.29, 0.717) is 29.7 Å². The highest BCUT2D eigenvalue weighted by Gasteiger charge is 2.46. The molecule has 0 amide bonds. The number of rotatable bonds is 17. The Kier molecular flexibility index (Phi) is 13.1.